The lowest BCUT2D eigenvalue weighted by Gasteiger charge is -2.30. The number of fused-ring (bicyclic) bond motifs is 3. The minimum Gasteiger partial charge on any atom is -0.488 e. The molecule has 0 spiro atoms. The molecule has 0 bridgehead atoms. The van der Waals surface area contributed by atoms with Crippen LogP contribution in [-0.4, -0.2) is 9.49 Å². The minimum atomic E-state index is -0.426. The summed E-state index contributed by atoms with van der Waals surface area (Å²) in [5.41, 5.74) is 7.09. The number of nitro groups is 1. The molecule has 0 amide bonds. The summed E-state index contributed by atoms with van der Waals surface area (Å²) in [5, 5.41) is 11.0. The van der Waals surface area contributed by atoms with Gasteiger partial charge >= 0.3 is 0 Å². The molecule has 4 aromatic carbocycles. The Morgan fingerprint density at radius 1 is 1.00 bits per heavy atom. The average Bonchev–Trinajstić information content (AvgIpc) is 3.34. The predicted octanol–water partition coefficient (Wildman–Crippen LogP) is 6.57. The Morgan fingerprint density at radius 2 is 1.77 bits per heavy atom. The molecule has 1 aliphatic carbocycles. The van der Waals surface area contributed by atoms with Crippen molar-refractivity contribution in [3.8, 4) is 5.75 Å². The van der Waals surface area contributed by atoms with Crippen LogP contribution < -0.4 is 19.6 Å². The Balaban J connectivity index is 1.32. The summed E-state index contributed by atoms with van der Waals surface area (Å²) in [6, 6.07) is 30.3. The molecule has 212 valence electrons. The van der Waals surface area contributed by atoms with Crippen LogP contribution in [0.3, 0.4) is 0 Å². The third-order valence-electron chi connectivity index (χ3n) is 7.79. The zero-order valence-corrected chi connectivity index (χ0v) is 25.2. The summed E-state index contributed by atoms with van der Waals surface area (Å²) < 4.78 is 9.39. The van der Waals surface area contributed by atoms with E-state index in [1.807, 2.05) is 53.1 Å². The number of ether oxygens (including phenoxy) is 1. The van der Waals surface area contributed by atoms with E-state index in [0.29, 0.717) is 15.1 Å². The van der Waals surface area contributed by atoms with Gasteiger partial charge in [0.25, 0.3) is 11.2 Å². The molecular formula is C34H24BrN3O4S. The number of allylic oxidation sites excluding steroid dienone is 1. The van der Waals surface area contributed by atoms with Crippen molar-refractivity contribution in [3.63, 3.8) is 0 Å². The van der Waals surface area contributed by atoms with Crippen LogP contribution in [0.25, 0.3) is 11.8 Å². The molecule has 9 heteroatoms. The number of non-ortho nitro benzene ring substituents is 1. The van der Waals surface area contributed by atoms with Crippen LogP contribution in [0.5, 0.6) is 5.75 Å². The van der Waals surface area contributed by atoms with Crippen molar-refractivity contribution >= 4 is 44.7 Å². The SMILES string of the molecule is O=c1/c(=C\c2cc(Br)ccc2OCc2ccc([N+](=O)[O-])cc2)sc2n1[C@@H](c1ccccc1)C1=C(N=2)c2ccccc2CC1. The topological polar surface area (TPSA) is 86.7 Å². The van der Waals surface area contributed by atoms with Crippen molar-refractivity contribution in [2.75, 3.05) is 0 Å². The van der Waals surface area contributed by atoms with Gasteiger partial charge in [0.2, 0.25) is 0 Å². The molecular weight excluding hydrogens is 626 g/mol. The first-order chi connectivity index (χ1) is 21.0. The maximum absolute atomic E-state index is 14.1. The van der Waals surface area contributed by atoms with Gasteiger partial charge in [0.1, 0.15) is 12.4 Å². The lowest BCUT2D eigenvalue weighted by Crippen LogP contribution is -2.38. The number of aromatic nitrogens is 1. The van der Waals surface area contributed by atoms with Gasteiger partial charge in [0, 0.05) is 27.7 Å². The Bertz CT molecular complexity index is 2100. The van der Waals surface area contributed by atoms with Crippen LogP contribution in [0.15, 0.2) is 117 Å². The average molecular weight is 651 g/mol. The predicted molar refractivity (Wildman–Crippen MR) is 171 cm³/mol. The van der Waals surface area contributed by atoms with Crippen LogP contribution in [0, 0.1) is 10.1 Å². The van der Waals surface area contributed by atoms with Gasteiger partial charge in [-0.1, -0.05) is 81.9 Å². The molecule has 0 saturated heterocycles. The van der Waals surface area contributed by atoms with Crippen LogP contribution >= 0.6 is 27.3 Å². The van der Waals surface area contributed by atoms with Gasteiger partial charge in [-0.05, 0) is 71.5 Å². The zero-order chi connectivity index (χ0) is 29.5. The maximum atomic E-state index is 14.1. The van der Waals surface area contributed by atoms with Gasteiger partial charge in [-0.3, -0.25) is 19.5 Å². The molecule has 2 heterocycles. The Hall–Kier alpha value is -4.60. The zero-order valence-electron chi connectivity index (χ0n) is 22.8. The molecule has 1 aliphatic heterocycles. The first-order valence-corrected chi connectivity index (χ1v) is 15.4. The number of nitrogens with zero attached hydrogens (tertiary/aromatic N) is 3. The van der Waals surface area contributed by atoms with Crippen LogP contribution in [0.4, 0.5) is 5.69 Å². The van der Waals surface area contributed by atoms with E-state index in [0.717, 1.165) is 45.3 Å². The molecule has 1 atom stereocenters. The Labute approximate surface area is 259 Å². The van der Waals surface area contributed by atoms with Crippen LogP contribution in [0.2, 0.25) is 0 Å². The number of thiazole rings is 1. The van der Waals surface area contributed by atoms with Crippen molar-refractivity contribution in [1.82, 2.24) is 4.57 Å². The second kappa shape index (κ2) is 11.2. The molecule has 0 radical (unpaired) electrons. The summed E-state index contributed by atoms with van der Waals surface area (Å²) >= 11 is 4.93. The van der Waals surface area contributed by atoms with E-state index >= 15 is 0 Å². The molecule has 7 rings (SSSR count). The normalized spacial score (nSPS) is 15.7. The van der Waals surface area contributed by atoms with Crippen molar-refractivity contribution < 1.29 is 9.66 Å². The monoisotopic (exact) mass is 649 g/mol. The van der Waals surface area contributed by atoms with Gasteiger partial charge in [0.15, 0.2) is 4.80 Å². The van der Waals surface area contributed by atoms with E-state index in [1.54, 1.807) is 12.1 Å². The number of hydrogen-bond donors (Lipinski definition) is 0. The minimum absolute atomic E-state index is 0.0300. The van der Waals surface area contributed by atoms with Crippen LogP contribution in [0.1, 0.15) is 40.3 Å². The highest BCUT2D eigenvalue weighted by Crippen LogP contribution is 2.41. The van der Waals surface area contributed by atoms with Gasteiger partial charge in [-0.15, -0.1) is 0 Å². The quantitative estimate of drug-likeness (QED) is 0.154. The first-order valence-electron chi connectivity index (χ1n) is 13.8. The number of benzene rings is 4. The molecule has 0 N–H and O–H groups in total. The van der Waals surface area contributed by atoms with E-state index in [1.165, 1.54) is 34.6 Å². The summed E-state index contributed by atoms with van der Waals surface area (Å²) in [5.74, 6) is 0.597. The van der Waals surface area contributed by atoms with Crippen molar-refractivity contribution in [2.24, 2.45) is 4.99 Å². The summed E-state index contributed by atoms with van der Waals surface area (Å²) in [4.78, 5) is 30.5. The summed E-state index contributed by atoms with van der Waals surface area (Å²) in [6.07, 6.45) is 3.61. The Morgan fingerprint density at radius 3 is 2.56 bits per heavy atom. The summed E-state index contributed by atoms with van der Waals surface area (Å²) in [6.45, 7) is 0.224. The lowest BCUT2D eigenvalue weighted by molar-refractivity contribution is -0.384. The van der Waals surface area contributed by atoms with Gasteiger partial charge < -0.3 is 4.74 Å². The number of aryl methyl sites for hydroxylation is 1. The molecule has 0 saturated carbocycles. The smallest absolute Gasteiger partial charge is 0.271 e. The fraction of sp³-hybridized carbons (Fsp3) is 0.118. The molecule has 2 aliphatic rings. The third-order valence-corrected chi connectivity index (χ3v) is 9.26. The molecule has 5 aromatic rings. The third kappa shape index (κ3) is 5.15. The fourth-order valence-electron chi connectivity index (χ4n) is 5.74. The van der Waals surface area contributed by atoms with E-state index in [9.17, 15) is 14.9 Å². The number of hydrogen-bond acceptors (Lipinski definition) is 6. The molecule has 43 heavy (non-hydrogen) atoms. The second-order valence-electron chi connectivity index (χ2n) is 10.4. The van der Waals surface area contributed by atoms with Gasteiger partial charge in [-0.25, -0.2) is 4.99 Å². The standard InChI is InChI=1S/C34H24BrN3O4S/c35-25-13-17-29(42-20-21-10-14-26(15-11-21)38(40)41)24(18-25)19-30-33(39)37-32(23-7-2-1-3-8-23)28-16-12-22-6-4-5-9-27(22)31(28)36-34(37)43-30/h1-11,13-15,17-19,32H,12,16,20H2/b30-19+/t32-/m0/s1. The summed E-state index contributed by atoms with van der Waals surface area (Å²) in [7, 11) is 0. The second-order valence-corrected chi connectivity index (χ2v) is 12.3. The number of halogens is 1. The highest BCUT2D eigenvalue weighted by molar-refractivity contribution is 9.10. The highest BCUT2D eigenvalue weighted by Gasteiger charge is 2.32. The molecule has 0 unspecified atom stereocenters. The number of rotatable bonds is 6. The molecule has 1 aromatic heterocycles. The van der Waals surface area contributed by atoms with E-state index in [4.69, 9.17) is 9.73 Å². The van der Waals surface area contributed by atoms with E-state index < -0.39 is 4.92 Å². The number of nitro benzene ring substituents is 1. The van der Waals surface area contributed by atoms with E-state index in [2.05, 4.69) is 46.3 Å². The van der Waals surface area contributed by atoms with Crippen molar-refractivity contribution in [3.05, 3.63) is 165 Å². The molecule has 0 fully saturated rings. The Kier molecular flexibility index (Phi) is 7.12. The largest absolute Gasteiger partial charge is 0.488 e. The fourth-order valence-corrected chi connectivity index (χ4v) is 7.11. The van der Waals surface area contributed by atoms with Gasteiger partial charge in [0.05, 0.1) is 21.2 Å². The molecule has 7 nitrogen and oxygen atoms in total. The highest BCUT2D eigenvalue weighted by atomic mass is 79.9. The maximum Gasteiger partial charge on any atom is 0.271 e. The lowest BCUT2D eigenvalue weighted by atomic mass is 9.83. The van der Waals surface area contributed by atoms with Crippen LogP contribution in [-0.2, 0) is 13.0 Å². The van der Waals surface area contributed by atoms with Crippen molar-refractivity contribution in [2.45, 2.75) is 25.5 Å². The first kappa shape index (κ1) is 27.2. The van der Waals surface area contributed by atoms with E-state index in [-0.39, 0.29) is 23.9 Å². The van der Waals surface area contributed by atoms with Crippen molar-refractivity contribution in [1.29, 1.82) is 0 Å². The van der Waals surface area contributed by atoms with Gasteiger partial charge in [-0.2, -0.15) is 0 Å².